The number of aliphatic hydroxyl groups excluding tert-OH is 1. The topological polar surface area (TPSA) is 93.9 Å². The van der Waals surface area contributed by atoms with Gasteiger partial charge in [-0.25, -0.2) is 13.8 Å². The van der Waals surface area contributed by atoms with Gasteiger partial charge in [0, 0.05) is 94.9 Å². The van der Waals surface area contributed by atoms with E-state index in [1.807, 2.05) is 66.4 Å². The van der Waals surface area contributed by atoms with Gasteiger partial charge in [0.2, 0.25) is 0 Å². The Morgan fingerprint density at radius 3 is 2.48 bits per heavy atom. The standard InChI is InChI=1S/C35H38F2N6O3/c1-40(2)26-8-9-28-24(17-26)11-14-43(33(28)45)31-6-4-5-27(29(31)22-44)25-18-30(34(46)41(3)21-25)39-32-10-7-23(19-38-32)20-42-15-12-35(36,37)13-16-42/h4-10,17-19,21,44H,11-16,20,22H2,1-3H3,(H,38,39). The van der Waals surface area contributed by atoms with Crippen LogP contribution in [0.4, 0.5) is 31.7 Å². The molecule has 0 unspecified atom stereocenters. The van der Waals surface area contributed by atoms with Gasteiger partial charge >= 0.3 is 0 Å². The molecule has 4 aromatic rings. The van der Waals surface area contributed by atoms with E-state index >= 15 is 0 Å². The summed E-state index contributed by atoms with van der Waals surface area (Å²) in [6.07, 6.45) is 3.80. The molecule has 0 atom stereocenters. The van der Waals surface area contributed by atoms with E-state index < -0.39 is 5.92 Å². The Kier molecular flexibility index (Phi) is 8.63. The number of piperidine rings is 1. The minimum Gasteiger partial charge on any atom is -0.392 e. The van der Waals surface area contributed by atoms with Crippen molar-refractivity contribution in [1.82, 2.24) is 14.5 Å². The van der Waals surface area contributed by atoms with E-state index in [4.69, 9.17) is 0 Å². The number of aryl methyl sites for hydroxylation is 1. The van der Waals surface area contributed by atoms with Gasteiger partial charge in [-0.1, -0.05) is 18.2 Å². The zero-order valence-electron chi connectivity index (χ0n) is 26.3. The molecule has 0 aliphatic carbocycles. The lowest BCUT2D eigenvalue weighted by atomic mass is 9.94. The fourth-order valence-corrected chi connectivity index (χ4v) is 6.22. The summed E-state index contributed by atoms with van der Waals surface area (Å²) in [5.74, 6) is -2.24. The number of nitrogens with zero attached hydrogens (tertiary/aromatic N) is 5. The van der Waals surface area contributed by atoms with E-state index in [9.17, 15) is 23.5 Å². The predicted molar refractivity (Wildman–Crippen MR) is 176 cm³/mol. The number of hydrogen-bond donors (Lipinski definition) is 2. The summed E-state index contributed by atoms with van der Waals surface area (Å²) in [6, 6.07) is 16.8. The number of fused-ring (bicyclic) bond motifs is 1. The number of aliphatic hydroxyl groups is 1. The van der Waals surface area contributed by atoms with E-state index in [1.165, 1.54) is 4.57 Å². The summed E-state index contributed by atoms with van der Waals surface area (Å²) in [6.45, 7) is 1.38. The molecule has 2 N–H and O–H groups in total. The second-order valence-electron chi connectivity index (χ2n) is 12.3. The number of amides is 1. The van der Waals surface area contributed by atoms with Gasteiger partial charge in [-0.2, -0.15) is 0 Å². The number of rotatable bonds is 8. The van der Waals surface area contributed by atoms with Gasteiger partial charge in [0.15, 0.2) is 0 Å². The van der Waals surface area contributed by atoms with Crippen molar-refractivity contribution in [2.75, 3.05) is 48.8 Å². The molecule has 2 aromatic carbocycles. The van der Waals surface area contributed by atoms with Crippen LogP contribution in [0.15, 0.2) is 71.8 Å². The van der Waals surface area contributed by atoms with Gasteiger partial charge in [-0.3, -0.25) is 14.5 Å². The lowest BCUT2D eigenvalue weighted by Crippen LogP contribution is -2.38. The fourth-order valence-electron chi connectivity index (χ4n) is 6.22. The van der Waals surface area contributed by atoms with Crippen molar-refractivity contribution in [1.29, 1.82) is 0 Å². The summed E-state index contributed by atoms with van der Waals surface area (Å²) < 4.78 is 28.5. The van der Waals surface area contributed by atoms with Crippen molar-refractivity contribution < 1.29 is 18.7 Å². The molecule has 1 fully saturated rings. The number of likely N-dealkylation sites (tertiary alicyclic amines) is 1. The molecule has 4 heterocycles. The number of carbonyl (C=O) groups is 1. The molecule has 1 saturated heterocycles. The first kappa shape index (κ1) is 31.4. The lowest BCUT2D eigenvalue weighted by Gasteiger charge is -2.31. The predicted octanol–water partition coefficient (Wildman–Crippen LogP) is 5.18. The number of benzene rings is 2. The minimum absolute atomic E-state index is 0.117. The number of halogens is 2. The Hall–Kier alpha value is -4.61. The second kappa shape index (κ2) is 12.6. The molecular weight excluding hydrogens is 590 g/mol. The van der Waals surface area contributed by atoms with Gasteiger partial charge in [0.05, 0.1) is 12.3 Å². The Morgan fingerprint density at radius 2 is 1.78 bits per heavy atom. The molecule has 1 amide bonds. The second-order valence-corrected chi connectivity index (χ2v) is 12.3. The maximum Gasteiger partial charge on any atom is 0.274 e. The summed E-state index contributed by atoms with van der Waals surface area (Å²) >= 11 is 0. The molecule has 9 nitrogen and oxygen atoms in total. The smallest absolute Gasteiger partial charge is 0.274 e. The first-order chi connectivity index (χ1) is 22.0. The molecule has 6 rings (SSSR count). The maximum atomic E-state index is 13.7. The van der Waals surface area contributed by atoms with Crippen molar-refractivity contribution in [3.8, 4) is 11.1 Å². The highest BCUT2D eigenvalue weighted by atomic mass is 19.3. The number of pyridine rings is 2. The molecule has 2 aromatic heterocycles. The molecule has 0 bridgehead atoms. The Bertz CT molecular complexity index is 1810. The van der Waals surface area contributed by atoms with Crippen molar-refractivity contribution >= 4 is 28.8 Å². The summed E-state index contributed by atoms with van der Waals surface area (Å²) in [7, 11) is 5.60. The zero-order valence-corrected chi connectivity index (χ0v) is 26.3. The first-order valence-electron chi connectivity index (χ1n) is 15.4. The normalized spacial score (nSPS) is 16.3. The largest absolute Gasteiger partial charge is 0.392 e. The average molecular weight is 629 g/mol. The Balaban J connectivity index is 1.24. The molecule has 240 valence electrons. The summed E-state index contributed by atoms with van der Waals surface area (Å²) in [5.41, 5.74) is 6.24. The molecule has 46 heavy (non-hydrogen) atoms. The minimum atomic E-state index is -2.59. The molecule has 0 spiro atoms. The van der Waals surface area contributed by atoms with Crippen LogP contribution in [0, 0.1) is 0 Å². The quantitative estimate of drug-likeness (QED) is 0.278. The van der Waals surface area contributed by atoms with E-state index in [1.54, 1.807) is 36.5 Å². The van der Waals surface area contributed by atoms with Crippen LogP contribution < -0.4 is 20.7 Å². The van der Waals surface area contributed by atoms with Crippen molar-refractivity contribution in [2.24, 2.45) is 7.05 Å². The van der Waals surface area contributed by atoms with Gasteiger partial charge in [0.1, 0.15) is 11.5 Å². The van der Waals surface area contributed by atoms with Crippen LogP contribution in [0.5, 0.6) is 0 Å². The van der Waals surface area contributed by atoms with Crippen LogP contribution in [0.25, 0.3) is 11.1 Å². The van der Waals surface area contributed by atoms with Crippen LogP contribution in [-0.4, -0.2) is 65.1 Å². The molecule has 2 aliphatic heterocycles. The summed E-state index contributed by atoms with van der Waals surface area (Å²) in [4.78, 5) is 37.0. The lowest BCUT2D eigenvalue weighted by molar-refractivity contribution is -0.0566. The third-order valence-electron chi connectivity index (χ3n) is 8.86. The van der Waals surface area contributed by atoms with E-state index in [0.29, 0.717) is 72.0 Å². The molecule has 0 radical (unpaired) electrons. The first-order valence-corrected chi connectivity index (χ1v) is 15.4. The van der Waals surface area contributed by atoms with Gasteiger partial charge in [0.25, 0.3) is 17.4 Å². The Labute approximate surface area is 266 Å². The molecule has 0 saturated carbocycles. The van der Waals surface area contributed by atoms with Crippen LogP contribution in [0.2, 0.25) is 0 Å². The maximum absolute atomic E-state index is 13.7. The number of anilines is 4. The summed E-state index contributed by atoms with van der Waals surface area (Å²) in [5, 5.41) is 13.7. The third kappa shape index (κ3) is 6.38. The van der Waals surface area contributed by atoms with Crippen LogP contribution >= 0.6 is 0 Å². The molecule has 11 heteroatoms. The van der Waals surface area contributed by atoms with Crippen LogP contribution in [-0.2, 0) is 26.6 Å². The number of alkyl halides is 2. The molecular formula is C35H38F2N6O3. The van der Waals surface area contributed by atoms with E-state index in [2.05, 4.69) is 10.3 Å². The highest BCUT2D eigenvalue weighted by Gasteiger charge is 2.34. The number of aromatic nitrogens is 2. The van der Waals surface area contributed by atoms with Gasteiger partial charge < -0.3 is 24.8 Å². The van der Waals surface area contributed by atoms with Crippen LogP contribution in [0.1, 0.15) is 39.9 Å². The zero-order chi connectivity index (χ0) is 32.6. The van der Waals surface area contributed by atoms with Crippen molar-refractivity contribution in [2.45, 2.75) is 38.3 Å². The highest BCUT2D eigenvalue weighted by molar-refractivity contribution is 6.09. The van der Waals surface area contributed by atoms with E-state index in [-0.39, 0.29) is 30.9 Å². The van der Waals surface area contributed by atoms with Gasteiger partial charge in [-0.05, 0) is 59.5 Å². The van der Waals surface area contributed by atoms with Crippen molar-refractivity contribution in [3.63, 3.8) is 0 Å². The van der Waals surface area contributed by atoms with Crippen LogP contribution in [0.3, 0.4) is 0 Å². The fraction of sp³-hybridized carbons (Fsp3) is 0.343. The SMILES string of the molecule is CN(C)c1ccc2c(c1)CCN(c1cccc(-c3cc(Nc4ccc(CN5CCC(F)(F)CC5)cn4)c(=O)n(C)c3)c1CO)C2=O. The number of hydrogen-bond acceptors (Lipinski definition) is 7. The Morgan fingerprint density at radius 1 is 1.00 bits per heavy atom. The number of carbonyl (C=O) groups excluding carboxylic acids is 1. The highest BCUT2D eigenvalue weighted by Crippen LogP contribution is 2.35. The van der Waals surface area contributed by atoms with Crippen molar-refractivity contribution in [3.05, 3.63) is 99.6 Å². The monoisotopic (exact) mass is 628 g/mol. The number of nitrogens with one attached hydrogen (secondary N) is 1. The van der Waals surface area contributed by atoms with Gasteiger partial charge in [-0.15, -0.1) is 0 Å². The van der Waals surface area contributed by atoms with E-state index in [0.717, 1.165) is 16.8 Å². The molecule has 2 aliphatic rings. The average Bonchev–Trinajstić information content (AvgIpc) is 3.04. The third-order valence-corrected chi connectivity index (χ3v) is 8.86.